The van der Waals surface area contributed by atoms with Crippen molar-refractivity contribution in [1.29, 1.82) is 0 Å². The standard InChI is InChI=1S/C22H32N2O5/c1-22(2,3)29-21(26)24-12-16(17(13-24)20(23)25)14-9-10-18(27-4)19(11-14)28-15-7-5-6-8-15/h9-11,15-17H,5-8,12-13H2,1-4H3,(H2,23,25)/t16-,17+/m1/s1. The predicted octanol–water partition coefficient (Wildman–Crippen LogP) is 3.45. The minimum atomic E-state index is -0.597. The van der Waals surface area contributed by atoms with Gasteiger partial charge < -0.3 is 24.8 Å². The summed E-state index contributed by atoms with van der Waals surface area (Å²) >= 11 is 0. The maximum absolute atomic E-state index is 12.5. The van der Waals surface area contributed by atoms with E-state index in [0.29, 0.717) is 18.0 Å². The first-order valence-electron chi connectivity index (χ1n) is 10.3. The van der Waals surface area contributed by atoms with E-state index in [1.54, 1.807) is 12.0 Å². The molecule has 3 rings (SSSR count). The first kappa shape index (κ1) is 21.3. The van der Waals surface area contributed by atoms with Gasteiger partial charge in [-0.1, -0.05) is 6.07 Å². The summed E-state index contributed by atoms with van der Waals surface area (Å²) in [5, 5.41) is 0. The zero-order valence-corrected chi connectivity index (χ0v) is 17.8. The lowest BCUT2D eigenvalue weighted by atomic mass is 9.88. The van der Waals surface area contributed by atoms with Crippen LogP contribution in [0.3, 0.4) is 0 Å². The number of carbonyl (C=O) groups is 2. The van der Waals surface area contributed by atoms with Crippen LogP contribution in [-0.2, 0) is 9.53 Å². The number of ether oxygens (including phenoxy) is 3. The fourth-order valence-corrected chi connectivity index (χ4v) is 4.11. The molecule has 2 atom stereocenters. The third-order valence-corrected chi connectivity index (χ3v) is 5.55. The molecule has 2 aliphatic rings. The molecule has 2 amide bonds. The molecule has 0 radical (unpaired) electrons. The highest BCUT2D eigenvalue weighted by molar-refractivity contribution is 5.80. The number of nitrogens with zero attached hydrogens (tertiary/aromatic N) is 1. The van der Waals surface area contributed by atoms with E-state index in [1.165, 1.54) is 12.8 Å². The lowest BCUT2D eigenvalue weighted by Gasteiger charge is -2.24. The predicted molar refractivity (Wildman–Crippen MR) is 109 cm³/mol. The smallest absolute Gasteiger partial charge is 0.410 e. The fourth-order valence-electron chi connectivity index (χ4n) is 4.11. The minimum Gasteiger partial charge on any atom is -0.493 e. The molecule has 7 nitrogen and oxygen atoms in total. The van der Waals surface area contributed by atoms with Crippen molar-refractivity contribution >= 4 is 12.0 Å². The third-order valence-electron chi connectivity index (χ3n) is 5.55. The number of amides is 2. The topological polar surface area (TPSA) is 91.1 Å². The summed E-state index contributed by atoms with van der Waals surface area (Å²) in [5.74, 6) is 0.233. The van der Waals surface area contributed by atoms with Crippen molar-refractivity contribution < 1.29 is 23.8 Å². The Hall–Kier alpha value is -2.44. The number of likely N-dealkylation sites (tertiary alicyclic amines) is 1. The lowest BCUT2D eigenvalue weighted by Crippen LogP contribution is -2.36. The Balaban J connectivity index is 1.83. The van der Waals surface area contributed by atoms with Gasteiger partial charge in [-0.3, -0.25) is 4.79 Å². The summed E-state index contributed by atoms with van der Waals surface area (Å²) in [6, 6.07) is 5.70. The van der Waals surface area contributed by atoms with Crippen LogP contribution in [0, 0.1) is 5.92 Å². The van der Waals surface area contributed by atoms with Gasteiger partial charge >= 0.3 is 6.09 Å². The van der Waals surface area contributed by atoms with Crippen molar-refractivity contribution in [2.45, 2.75) is 64.1 Å². The van der Waals surface area contributed by atoms with Crippen LogP contribution in [0.2, 0.25) is 0 Å². The normalized spacial score (nSPS) is 22.6. The average molecular weight is 405 g/mol. The molecule has 0 bridgehead atoms. The Bertz CT molecular complexity index is 752. The van der Waals surface area contributed by atoms with Crippen LogP contribution >= 0.6 is 0 Å². The number of benzene rings is 1. The van der Waals surface area contributed by atoms with Crippen LogP contribution in [0.25, 0.3) is 0 Å². The molecule has 29 heavy (non-hydrogen) atoms. The third kappa shape index (κ3) is 5.14. The molecular weight excluding hydrogens is 372 g/mol. The molecule has 1 aliphatic heterocycles. The van der Waals surface area contributed by atoms with Crippen LogP contribution in [-0.4, -0.2) is 48.8 Å². The van der Waals surface area contributed by atoms with Gasteiger partial charge in [0.05, 0.1) is 19.1 Å². The second-order valence-corrected chi connectivity index (χ2v) is 8.94. The molecule has 1 aromatic carbocycles. The Kier molecular flexibility index (Phi) is 6.24. The van der Waals surface area contributed by atoms with Crippen molar-refractivity contribution in [2.24, 2.45) is 11.7 Å². The fraction of sp³-hybridized carbons (Fsp3) is 0.636. The van der Waals surface area contributed by atoms with Gasteiger partial charge in [0.1, 0.15) is 5.60 Å². The Morgan fingerprint density at radius 3 is 2.38 bits per heavy atom. The van der Waals surface area contributed by atoms with Crippen molar-refractivity contribution in [2.75, 3.05) is 20.2 Å². The van der Waals surface area contributed by atoms with E-state index >= 15 is 0 Å². The second-order valence-electron chi connectivity index (χ2n) is 8.94. The molecule has 1 aromatic rings. The highest BCUT2D eigenvalue weighted by Crippen LogP contribution is 2.39. The number of methoxy groups -OCH3 is 1. The molecule has 1 saturated heterocycles. The van der Waals surface area contributed by atoms with Gasteiger partial charge in [-0.2, -0.15) is 0 Å². The SMILES string of the molecule is COc1ccc([C@H]2CN(C(=O)OC(C)(C)C)C[C@@H]2C(N)=O)cc1OC1CCCC1. The summed E-state index contributed by atoms with van der Waals surface area (Å²) in [4.78, 5) is 26.2. The first-order chi connectivity index (χ1) is 13.7. The number of hydrogen-bond acceptors (Lipinski definition) is 5. The largest absolute Gasteiger partial charge is 0.493 e. The van der Waals surface area contributed by atoms with E-state index in [-0.39, 0.29) is 18.6 Å². The van der Waals surface area contributed by atoms with Crippen molar-refractivity contribution in [3.8, 4) is 11.5 Å². The van der Waals surface area contributed by atoms with Crippen LogP contribution in [0.15, 0.2) is 18.2 Å². The Morgan fingerprint density at radius 2 is 1.79 bits per heavy atom. The van der Waals surface area contributed by atoms with E-state index in [0.717, 1.165) is 18.4 Å². The lowest BCUT2D eigenvalue weighted by molar-refractivity contribution is -0.121. The van der Waals surface area contributed by atoms with Crippen LogP contribution < -0.4 is 15.2 Å². The summed E-state index contributed by atoms with van der Waals surface area (Å²) in [5.41, 5.74) is 5.98. The van der Waals surface area contributed by atoms with Crippen molar-refractivity contribution in [3.63, 3.8) is 0 Å². The molecule has 0 unspecified atom stereocenters. The molecule has 2 N–H and O–H groups in total. The second kappa shape index (κ2) is 8.51. The van der Waals surface area contributed by atoms with E-state index in [9.17, 15) is 9.59 Å². The maximum atomic E-state index is 12.5. The minimum absolute atomic E-state index is 0.188. The Labute approximate surface area is 172 Å². The number of nitrogens with two attached hydrogens (primary N) is 1. The number of carbonyl (C=O) groups excluding carboxylic acids is 2. The zero-order valence-electron chi connectivity index (χ0n) is 17.8. The monoisotopic (exact) mass is 404 g/mol. The molecule has 1 saturated carbocycles. The van der Waals surface area contributed by atoms with Crippen molar-refractivity contribution in [3.05, 3.63) is 23.8 Å². The number of primary amides is 1. The zero-order chi connectivity index (χ0) is 21.2. The maximum Gasteiger partial charge on any atom is 0.410 e. The van der Waals surface area contributed by atoms with Gasteiger partial charge in [0.2, 0.25) is 5.91 Å². The Morgan fingerprint density at radius 1 is 1.10 bits per heavy atom. The molecule has 0 aromatic heterocycles. The number of hydrogen-bond donors (Lipinski definition) is 1. The quantitative estimate of drug-likeness (QED) is 0.812. The molecule has 0 spiro atoms. The molecular formula is C22H32N2O5. The van der Waals surface area contributed by atoms with E-state index in [1.807, 2.05) is 39.0 Å². The molecule has 2 fully saturated rings. The van der Waals surface area contributed by atoms with Crippen LogP contribution in [0.1, 0.15) is 57.9 Å². The molecule has 1 aliphatic carbocycles. The first-order valence-corrected chi connectivity index (χ1v) is 10.3. The van der Waals surface area contributed by atoms with Gasteiger partial charge in [-0.25, -0.2) is 4.79 Å². The van der Waals surface area contributed by atoms with Gasteiger partial charge in [-0.05, 0) is 64.2 Å². The van der Waals surface area contributed by atoms with E-state index in [2.05, 4.69) is 0 Å². The van der Waals surface area contributed by atoms with E-state index < -0.39 is 23.5 Å². The molecule has 7 heteroatoms. The highest BCUT2D eigenvalue weighted by Gasteiger charge is 2.41. The summed E-state index contributed by atoms with van der Waals surface area (Å²) in [7, 11) is 1.61. The van der Waals surface area contributed by atoms with Crippen LogP contribution in [0.4, 0.5) is 4.79 Å². The molecule has 160 valence electrons. The van der Waals surface area contributed by atoms with Crippen LogP contribution in [0.5, 0.6) is 11.5 Å². The summed E-state index contributed by atoms with van der Waals surface area (Å²) in [6.45, 7) is 6.08. The molecule has 1 heterocycles. The van der Waals surface area contributed by atoms with Gasteiger partial charge in [0, 0.05) is 19.0 Å². The average Bonchev–Trinajstić information content (AvgIpc) is 3.30. The number of rotatable bonds is 5. The van der Waals surface area contributed by atoms with E-state index in [4.69, 9.17) is 19.9 Å². The van der Waals surface area contributed by atoms with Gasteiger partial charge in [0.25, 0.3) is 0 Å². The van der Waals surface area contributed by atoms with Crippen molar-refractivity contribution in [1.82, 2.24) is 4.90 Å². The summed E-state index contributed by atoms with van der Waals surface area (Å²) < 4.78 is 17.1. The van der Waals surface area contributed by atoms with Gasteiger partial charge in [0.15, 0.2) is 11.5 Å². The highest BCUT2D eigenvalue weighted by atomic mass is 16.6. The summed E-state index contributed by atoms with van der Waals surface area (Å²) in [6.07, 6.45) is 4.17. The van der Waals surface area contributed by atoms with Gasteiger partial charge in [-0.15, -0.1) is 0 Å².